The highest BCUT2D eigenvalue weighted by Crippen LogP contribution is 2.20. The van der Waals surface area contributed by atoms with Crippen LogP contribution in [0.1, 0.15) is 5.76 Å². The van der Waals surface area contributed by atoms with Gasteiger partial charge >= 0.3 is 6.03 Å². The van der Waals surface area contributed by atoms with Gasteiger partial charge in [0.1, 0.15) is 18.5 Å². The summed E-state index contributed by atoms with van der Waals surface area (Å²) in [6.07, 6.45) is 1.05. The summed E-state index contributed by atoms with van der Waals surface area (Å²) in [4.78, 5) is 31.3. The van der Waals surface area contributed by atoms with Crippen LogP contribution >= 0.6 is 0 Å². The van der Waals surface area contributed by atoms with Crippen LogP contribution in [-0.4, -0.2) is 65.2 Å². The van der Waals surface area contributed by atoms with Crippen LogP contribution < -0.4 is 10.6 Å². The maximum Gasteiger partial charge on any atom is 0.325 e. The highest BCUT2D eigenvalue weighted by Gasteiger charge is 2.49. The van der Waals surface area contributed by atoms with Gasteiger partial charge in [0, 0.05) is 13.6 Å². The van der Waals surface area contributed by atoms with Crippen molar-refractivity contribution in [2.24, 2.45) is 4.99 Å². The lowest BCUT2D eigenvalue weighted by molar-refractivity contribution is -0.127. The van der Waals surface area contributed by atoms with E-state index in [1.165, 1.54) is 4.90 Å². The van der Waals surface area contributed by atoms with Crippen molar-refractivity contribution in [2.75, 3.05) is 20.2 Å². The Kier molecular flexibility index (Phi) is 3.72. The SMILES string of the molecule is CN1C(=O)NC(=O)C2C1NC(=NCc1ccco1)N2CCO. The van der Waals surface area contributed by atoms with Crippen molar-refractivity contribution < 1.29 is 19.1 Å². The molecule has 0 spiro atoms. The second kappa shape index (κ2) is 5.68. The molecule has 3 amide bonds. The molecular weight excluding hydrogens is 290 g/mol. The highest BCUT2D eigenvalue weighted by atomic mass is 16.3. The molecule has 9 nitrogen and oxygen atoms in total. The van der Waals surface area contributed by atoms with Gasteiger partial charge in [-0.25, -0.2) is 9.79 Å². The zero-order chi connectivity index (χ0) is 15.7. The van der Waals surface area contributed by atoms with Crippen LogP contribution in [0.15, 0.2) is 27.8 Å². The van der Waals surface area contributed by atoms with Gasteiger partial charge < -0.3 is 24.6 Å². The number of imide groups is 1. The number of nitrogens with one attached hydrogen (secondary N) is 2. The molecule has 0 bridgehead atoms. The average molecular weight is 307 g/mol. The van der Waals surface area contributed by atoms with Crippen molar-refractivity contribution in [3.8, 4) is 0 Å². The predicted octanol–water partition coefficient (Wildman–Crippen LogP) is -1.09. The molecule has 0 aromatic carbocycles. The molecule has 22 heavy (non-hydrogen) atoms. The van der Waals surface area contributed by atoms with E-state index in [9.17, 15) is 14.7 Å². The molecule has 0 radical (unpaired) electrons. The molecule has 2 saturated heterocycles. The van der Waals surface area contributed by atoms with E-state index in [0.29, 0.717) is 18.3 Å². The first-order valence-corrected chi connectivity index (χ1v) is 6.90. The molecular formula is C13H17N5O4. The summed E-state index contributed by atoms with van der Waals surface area (Å²) in [7, 11) is 1.60. The molecule has 2 fully saturated rings. The maximum absolute atomic E-state index is 12.1. The number of hydrogen-bond acceptors (Lipinski definition) is 5. The van der Waals surface area contributed by atoms with E-state index in [1.54, 1.807) is 30.3 Å². The van der Waals surface area contributed by atoms with Crippen LogP contribution in [0.25, 0.3) is 0 Å². The molecule has 9 heteroatoms. The predicted molar refractivity (Wildman–Crippen MR) is 75.7 cm³/mol. The Bertz CT molecular complexity index is 600. The zero-order valence-corrected chi connectivity index (χ0v) is 12.0. The highest BCUT2D eigenvalue weighted by molar-refractivity contribution is 6.04. The largest absolute Gasteiger partial charge is 0.467 e. The van der Waals surface area contributed by atoms with Crippen molar-refractivity contribution >= 4 is 17.9 Å². The normalized spacial score (nSPS) is 26.2. The number of amides is 3. The summed E-state index contributed by atoms with van der Waals surface area (Å²) in [5.41, 5.74) is 0. The minimum absolute atomic E-state index is 0.129. The summed E-state index contributed by atoms with van der Waals surface area (Å²) in [6.45, 7) is 0.409. The van der Waals surface area contributed by atoms with Crippen LogP contribution in [0.3, 0.4) is 0 Å². The summed E-state index contributed by atoms with van der Waals surface area (Å²) < 4.78 is 5.22. The number of fused-ring (bicyclic) bond motifs is 1. The summed E-state index contributed by atoms with van der Waals surface area (Å²) in [5.74, 6) is 0.733. The lowest BCUT2D eigenvalue weighted by Gasteiger charge is -2.35. The standard InChI is InChI=1S/C13H17N5O4/c1-17-10-9(11(20)16-13(17)21)18(4-5-19)12(15-10)14-7-8-3-2-6-22-8/h2-3,6,9-10,19H,4-5,7H2,1H3,(H,14,15)(H,16,20,21). The van der Waals surface area contributed by atoms with Crippen molar-refractivity contribution in [2.45, 2.75) is 18.8 Å². The third-order valence-corrected chi connectivity index (χ3v) is 3.73. The molecule has 3 heterocycles. The van der Waals surface area contributed by atoms with Crippen molar-refractivity contribution in [3.05, 3.63) is 24.2 Å². The molecule has 2 aliphatic rings. The van der Waals surface area contributed by atoms with Gasteiger partial charge in [0.15, 0.2) is 12.0 Å². The van der Waals surface area contributed by atoms with Crippen LogP contribution in [-0.2, 0) is 11.3 Å². The molecule has 1 aromatic heterocycles. The number of likely N-dealkylation sites (N-methyl/N-ethyl adjacent to an activating group) is 1. The number of carbonyl (C=O) groups is 2. The van der Waals surface area contributed by atoms with Crippen molar-refractivity contribution in [1.82, 2.24) is 20.4 Å². The van der Waals surface area contributed by atoms with Crippen molar-refractivity contribution in [3.63, 3.8) is 0 Å². The third kappa shape index (κ3) is 2.39. The van der Waals surface area contributed by atoms with E-state index in [-0.39, 0.29) is 13.2 Å². The van der Waals surface area contributed by atoms with Gasteiger partial charge in [0.25, 0.3) is 5.91 Å². The van der Waals surface area contributed by atoms with Gasteiger partial charge in [-0.3, -0.25) is 10.1 Å². The summed E-state index contributed by atoms with van der Waals surface area (Å²) >= 11 is 0. The smallest absolute Gasteiger partial charge is 0.325 e. The quantitative estimate of drug-likeness (QED) is 0.652. The van der Waals surface area contributed by atoms with E-state index in [4.69, 9.17) is 4.42 Å². The monoisotopic (exact) mass is 307 g/mol. The molecule has 2 aliphatic heterocycles. The molecule has 2 atom stereocenters. The number of aliphatic hydroxyl groups is 1. The van der Waals surface area contributed by atoms with E-state index in [1.807, 2.05) is 0 Å². The van der Waals surface area contributed by atoms with Gasteiger partial charge in [-0.05, 0) is 12.1 Å². The number of aliphatic hydroxyl groups excluding tert-OH is 1. The Balaban J connectivity index is 1.85. The van der Waals surface area contributed by atoms with Crippen molar-refractivity contribution in [1.29, 1.82) is 0 Å². The second-order valence-electron chi connectivity index (χ2n) is 5.08. The van der Waals surface area contributed by atoms with E-state index < -0.39 is 24.1 Å². The zero-order valence-electron chi connectivity index (χ0n) is 12.0. The summed E-state index contributed by atoms with van der Waals surface area (Å²) in [6, 6.07) is 2.48. The molecule has 3 rings (SSSR count). The average Bonchev–Trinajstić information content (AvgIpc) is 3.11. The van der Waals surface area contributed by atoms with Gasteiger partial charge in [0.05, 0.1) is 12.9 Å². The minimum atomic E-state index is -0.620. The molecule has 1 aromatic rings. The van der Waals surface area contributed by atoms with E-state index in [2.05, 4.69) is 15.6 Å². The Morgan fingerprint density at radius 3 is 2.95 bits per heavy atom. The minimum Gasteiger partial charge on any atom is -0.467 e. The molecule has 118 valence electrons. The summed E-state index contributed by atoms with van der Waals surface area (Å²) in [5, 5.41) is 14.6. The third-order valence-electron chi connectivity index (χ3n) is 3.73. The molecule has 2 unspecified atom stereocenters. The molecule has 0 saturated carbocycles. The first-order valence-electron chi connectivity index (χ1n) is 6.90. The number of carbonyl (C=O) groups excluding carboxylic acids is 2. The van der Waals surface area contributed by atoms with Gasteiger partial charge in [-0.15, -0.1) is 0 Å². The van der Waals surface area contributed by atoms with Crippen LogP contribution in [0, 0.1) is 0 Å². The lowest BCUT2D eigenvalue weighted by atomic mass is 10.1. The number of furan rings is 1. The van der Waals surface area contributed by atoms with Crippen LogP contribution in [0.4, 0.5) is 4.79 Å². The lowest BCUT2D eigenvalue weighted by Crippen LogP contribution is -2.65. The molecule has 0 aliphatic carbocycles. The Labute approximate surface area is 126 Å². The number of rotatable bonds is 4. The molecule has 3 N–H and O–H groups in total. The Morgan fingerprint density at radius 1 is 1.45 bits per heavy atom. The first-order chi connectivity index (χ1) is 10.6. The Hall–Kier alpha value is -2.55. The first kappa shape index (κ1) is 14.4. The fraction of sp³-hybridized carbons (Fsp3) is 0.462. The topological polar surface area (TPSA) is 110 Å². The fourth-order valence-corrected chi connectivity index (χ4v) is 2.63. The number of guanidine groups is 1. The number of urea groups is 1. The number of nitrogens with zero attached hydrogens (tertiary/aromatic N) is 3. The van der Waals surface area contributed by atoms with Gasteiger partial charge in [0.2, 0.25) is 0 Å². The van der Waals surface area contributed by atoms with Gasteiger partial charge in [-0.1, -0.05) is 0 Å². The van der Waals surface area contributed by atoms with E-state index >= 15 is 0 Å². The maximum atomic E-state index is 12.1. The van der Waals surface area contributed by atoms with Crippen LogP contribution in [0.2, 0.25) is 0 Å². The number of β-amino-alcohol motifs (C(OH)–C–C–N with tert-alkyl or cyclic N) is 1. The fourth-order valence-electron chi connectivity index (χ4n) is 2.63. The second-order valence-corrected chi connectivity index (χ2v) is 5.08. The number of aliphatic imine (C=N–C) groups is 1. The number of hydrogen-bond donors (Lipinski definition) is 3. The van der Waals surface area contributed by atoms with Crippen LogP contribution in [0.5, 0.6) is 0 Å². The van der Waals surface area contributed by atoms with E-state index in [0.717, 1.165) is 0 Å². The van der Waals surface area contributed by atoms with Gasteiger partial charge in [-0.2, -0.15) is 0 Å². The Morgan fingerprint density at radius 2 is 2.27 bits per heavy atom.